The standard InChI is InChI=1S/C26H28N2O2.ClH/c1-19(2)26-27-23-15-9-10-16-24(23)28(26)17-22(29)18-30-25(20-11-5-3-6-12-20)21-13-7-4-8-14-21;/h3-16,19,22,25,29H,17-18H2,1-2H3;1H. The third-order valence-electron chi connectivity index (χ3n) is 5.25. The van der Waals surface area contributed by atoms with E-state index >= 15 is 0 Å². The molecule has 0 amide bonds. The van der Waals surface area contributed by atoms with Gasteiger partial charge in [0.05, 0.1) is 30.3 Å². The second-order valence-corrected chi connectivity index (χ2v) is 7.91. The topological polar surface area (TPSA) is 47.3 Å². The molecular formula is C26H29ClN2O2. The number of hydrogen-bond donors (Lipinski definition) is 1. The van der Waals surface area contributed by atoms with Crippen molar-refractivity contribution in [2.24, 2.45) is 0 Å². The largest absolute Gasteiger partial charge is 0.389 e. The number of benzene rings is 3. The molecule has 0 saturated carbocycles. The molecule has 0 saturated heterocycles. The molecule has 0 aliphatic rings. The molecule has 3 aromatic carbocycles. The van der Waals surface area contributed by atoms with Crippen molar-refractivity contribution in [2.75, 3.05) is 6.61 Å². The Labute approximate surface area is 189 Å². The molecule has 0 aliphatic heterocycles. The lowest BCUT2D eigenvalue weighted by Crippen LogP contribution is -2.24. The lowest BCUT2D eigenvalue weighted by atomic mass is 10.0. The van der Waals surface area contributed by atoms with Gasteiger partial charge in [0.2, 0.25) is 0 Å². The molecule has 0 spiro atoms. The first-order valence-corrected chi connectivity index (χ1v) is 10.5. The zero-order valence-corrected chi connectivity index (χ0v) is 18.7. The van der Waals surface area contributed by atoms with E-state index in [0.717, 1.165) is 28.0 Å². The third-order valence-corrected chi connectivity index (χ3v) is 5.25. The molecular weight excluding hydrogens is 408 g/mol. The van der Waals surface area contributed by atoms with Gasteiger partial charge in [0.25, 0.3) is 0 Å². The average molecular weight is 437 g/mol. The zero-order chi connectivity index (χ0) is 20.9. The van der Waals surface area contributed by atoms with Gasteiger partial charge < -0.3 is 14.4 Å². The van der Waals surface area contributed by atoms with E-state index in [1.54, 1.807) is 0 Å². The number of fused-ring (bicyclic) bond motifs is 1. The molecule has 31 heavy (non-hydrogen) atoms. The number of hydrogen-bond acceptors (Lipinski definition) is 3. The van der Waals surface area contributed by atoms with Crippen LogP contribution in [0.15, 0.2) is 84.9 Å². The number of ether oxygens (including phenoxy) is 1. The van der Waals surface area contributed by atoms with Crippen LogP contribution in [-0.4, -0.2) is 27.4 Å². The van der Waals surface area contributed by atoms with Crippen LogP contribution in [0.2, 0.25) is 0 Å². The SMILES string of the molecule is CC(C)c1nc2ccccc2n1CC(O)COC(c1ccccc1)c1ccccc1.Cl. The summed E-state index contributed by atoms with van der Waals surface area (Å²) in [6, 6.07) is 28.4. The first kappa shape index (κ1) is 23.0. The fourth-order valence-corrected chi connectivity index (χ4v) is 3.84. The monoisotopic (exact) mass is 436 g/mol. The number of halogens is 1. The fraction of sp³-hybridized carbons (Fsp3) is 0.269. The van der Waals surface area contributed by atoms with Gasteiger partial charge >= 0.3 is 0 Å². The lowest BCUT2D eigenvalue weighted by Gasteiger charge is -2.22. The molecule has 0 bridgehead atoms. The van der Waals surface area contributed by atoms with E-state index in [2.05, 4.69) is 48.7 Å². The van der Waals surface area contributed by atoms with Crippen molar-refractivity contribution in [2.45, 2.75) is 38.5 Å². The van der Waals surface area contributed by atoms with Crippen molar-refractivity contribution in [3.8, 4) is 0 Å². The Bertz CT molecular complexity index is 1040. The molecule has 0 fully saturated rings. The van der Waals surface area contributed by atoms with Gasteiger partial charge in [0.15, 0.2) is 0 Å². The minimum Gasteiger partial charge on any atom is -0.389 e. The predicted octanol–water partition coefficient (Wildman–Crippen LogP) is 5.75. The molecule has 1 heterocycles. The molecule has 1 atom stereocenters. The Morgan fingerprint density at radius 3 is 1.97 bits per heavy atom. The normalized spacial score (nSPS) is 12.3. The maximum absolute atomic E-state index is 10.9. The van der Waals surface area contributed by atoms with Crippen molar-refractivity contribution in [3.05, 3.63) is 102 Å². The molecule has 4 aromatic rings. The van der Waals surface area contributed by atoms with Crippen LogP contribution in [0.25, 0.3) is 11.0 Å². The highest BCUT2D eigenvalue weighted by Gasteiger charge is 2.19. The van der Waals surface area contributed by atoms with Crippen molar-refractivity contribution in [3.63, 3.8) is 0 Å². The van der Waals surface area contributed by atoms with Crippen molar-refractivity contribution in [1.82, 2.24) is 9.55 Å². The summed E-state index contributed by atoms with van der Waals surface area (Å²) >= 11 is 0. The maximum atomic E-state index is 10.9. The summed E-state index contributed by atoms with van der Waals surface area (Å²) in [6.07, 6.45) is -0.860. The number of aromatic nitrogens is 2. The molecule has 162 valence electrons. The molecule has 0 radical (unpaired) electrons. The second kappa shape index (κ2) is 10.6. The lowest BCUT2D eigenvalue weighted by molar-refractivity contribution is -0.000490. The van der Waals surface area contributed by atoms with Crippen molar-refractivity contribution in [1.29, 1.82) is 0 Å². The van der Waals surface area contributed by atoms with E-state index in [9.17, 15) is 5.11 Å². The second-order valence-electron chi connectivity index (χ2n) is 7.91. The van der Waals surface area contributed by atoms with Crippen LogP contribution in [0.4, 0.5) is 0 Å². The van der Waals surface area contributed by atoms with Gasteiger partial charge in [-0.3, -0.25) is 0 Å². The van der Waals surface area contributed by atoms with Gasteiger partial charge in [-0.1, -0.05) is 86.6 Å². The number of aliphatic hydroxyl groups excluding tert-OH is 1. The number of nitrogens with zero attached hydrogens (tertiary/aromatic N) is 2. The zero-order valence-electron chi connectivity index (χ0n) is 17.9. The van der Waals surface area contributed by atoms with E-state index < -0.39 is 6.10 Å². The number of aliphatic hydroxyl groups is 1. The van der Waals surface area contributed by atoms with Crippen molar-refractivity contribution < 1.29 is 9.84 Å². The summed E-state index contributed by atoms with van der Waals surface area (Å²) in [5.74, 6) is 1.25. The predicted molar refractivity (Wildman–Crippen MR) is 128 cm³/mol. The van der Waals surface area contributed by atoms with Gasteiger partial charge in [-0.15, -0.1) is 12.4 Å². The van der Waals surface area contributed by atoms with Crippen LogP contribution in [0.3, 0.4) is 0 Å². The molecule has 0 aliphatic carbocycles. The Morgan fingerprint density at radius 1 is 0.839 bits per heavy atom. The molecule has 1 unspecified atom stereocenters. The fourth-order valence-electron chi connectivity index (χ4n) is 3.84. The molecule has 1 N–H and O–H groups in total. The highest BCUT2D eigenvalue weighted by molar-refractivity contribution is 5.85. The van der Waals surface area contributed by atoms with Gasteiger partial charge in [-0.05, 0) is 23.3 Å². The quantitative estimate of drug-likeness (QED) is 0.382. The molecule has 4 nitrogen and oxygen atoms in total. The highest BCUT2D eigenvalue weighted by Crippen LogP contribution is 2.27. The van der Waals surface area contributed by atoms with E-state index in [4.69, 9.17) is 9.72 Å². The first-order chi connectivity index (χ1) is 14.6. The third kappa shape index (κ3) is 5.34. The van der Waals surface area contributed by atoms with Crippen molar-refractivity contribution >= 4 is 23.4 Å². The van der Waals surface area contributed by atoms with E-state index in [1.165, 1.54) is 0 Å². The number of rotatable bonds is 8. The Hall–Kier alpha value is -2.66. The van der Waals surface area contributed by atoms with Crippen LogP contribution < -0.4 is 0 Å². The van der Waals surface area contributed by atoms with Gasteiger partial charge in [-0.25, -0.2) is 4.98 Å². The summed E-state index contributed by atoms with van der Waals surface area (Å²) < 4.78 is 8.37. The minimum atomic E-state index is -0.643. The van der Waals surface area contributed by atoms with Gasteiger partial charge in [0.1, 0.15) is 11.9 Å². The summed E-state index contributed by atoms with van der Waals surface area (Å²) in [5.41, 5.74) is 4.15. The molecule has 5 heteroatoms. The number of para-hydroxylation sites is 2. The Kier molecular flexibility index (Phi) is 7.85. The number of imidazole rings is 1. The van der Waals surface area contributed by atoms with Crippen LogP contribution in [0, 0.1) is 0 Å². The van der Waals surface area contributed by atoms with Crippen LogP contribution >= 0.6 is 12.4 Å². The van der Waals surface area contributed by atoms with E-state index in [-0.39, 0.29) is 31.0 Å². The van der Waals surface area contributed by atoms with Gasteiger partial charge in [0, 0.05) is 5.92 Å². The Balaban J connectivity index is 0.00000272. The van der Waals surface area contributed by atoms with Crippen LogP contribution in [-0.2, 0) is 11.3 Å². The van der Waals surface area contributed by atoms with Gasteiger partial charge in [-0.2, -0.15) is 0 Å². The smallest absolute Gasteiger partial charge is 0.112 e. The van der Waals surface area contributed by atoms with E-state index in [1.807, 2.05) is 54.6 Å². The summed E-state index contributed by atoms with van der Waals surface area (Å²) in [4.78, 5) is 4.77. The Morgan fingerprint density at radius 2 is 1.39 bits per heavy atom. The molecule has 4 rings (SSSR count). The summed E-state index contributed by atoms with van der Waals surface area (Å²) in [5, 5.41) is 10.9. The maximum Gasteiger partial charge on any atom is 0.112 e. The van der Waals surface area contributed by atoms with Crippen LogP contribution in [0.5, 0.6) is 0 Å². The minimum absolute atomic E-state index is 0. The highest BCUT2D eigenvalue weighted by atomic mass is 35.5. The average Bonchev–Trinajstić information content (AvgIpc) is 3.14. The summed E-state index contributed by atoms with van der Waals surface area (Å²) in [7, 11) is 0. The van der Waals surface area contributed by atoms with Crippen LogP contribution in [0.1, 0.15) is 42.8 Å². The molecule has 1 aromatic heterocycles. The summed E-state index contributed by atoms with van der Waals surface area (Å²) in [6.45, 7) is 4.94. The first-order valence-electron chi connectivity index (χ1n) is 10.5. The van der Waals surface area contributed by atoms with E-state index in [0.29, 0.717) is 6.54 Å².